The summed E-state index contributed by atoms with van der Waals surface area (Å²) in [5.41, 5.74) is 1.64. The van der Waals surface area contributed by atoms with Gasteiger partial charge in [0.15, 0.2) is 5.60 Å². The average Bonchev–Trinajstić information content (AvgIpc) is 3.22. The van der Waals surface area contributed by atoms with E-state index in [0.29, 0.717) is 19.4 Å². The Labute approximate surface area is 166 Å². The van der Waals surface area contributed by atoms with E-state index in [0.717, 1.165) is 27.0 Å². The predicted octanol–water partition coefficient (Wildman–Crippen LogP) is 4.54. The van der Waals surface area contributed by atoms with Crippen LogP contribution in [0, 0.1) is 0 Å². The van der Waals surface area contributed by atoms with Crippen molar-refractivity contribution in [3.8, 4) is 0 Å². The summed E-state index contributed by atoms with van der Waals surface area (Å²) in [6, 6.07) is 5.63. The summed E-state index contributed by atoms with van der Waals surface area (Å²) in [5, 5.41) is 4.12. The second kappa shape index (κ2) is 6.22. The molecule has 1 N–H and O–H groups in total. The number of nitrogens with zero attached hydrogens (tertiary/aromatic N) is 3. The summed E-state index contributed by atoms with van der Waals surface area (Å²) in [6.45, 7) is 7.96. The van der Waals surface area contributed by atoms with Gasteiger partial charge in [-0.2, -0.15) is 0 Å². The third kappa shape index (κ3) is 3.54. The van der Waals surface area contributed by atoms with E-state index in [9.17, 15) is 4.79 Å². The van der Waals surface area contributed by atoms with Gasteiger partial charge in [0.25, 0.3) is 0 Å². The number of aromatic amines is 1. The molecule has 0 saturated carbocycles. The molecule has 0 radical (unpaired) electrons. The van der Waals surface area contributed by atoms with Crippen molar-refractivity contribution in [2.75, 3.05) is 6.54 Å². The first kappa shape index (κ1) is 18.3. The van der Waals surface area contributed by atoms with E-state index in [-0.39, 0.29) is 12.1 Å². The van der Waals surface area contributed by atoms with E-state index in [1.165, 1.54) is 0 Å². The maximum absolute atomic E-state index is 12.9. The molecule has 1 saturated heterocycles. The number of fused-ring (bicyclic) bond motifs is 1. The van der Waals surface area contributed by atoms with Gasteiger partial charge >= 0.3 is 6.09 Å². The molecular weight excluding hydrogens is 412 g/mol. The van der Waals surface area contributed by atoms with Crippen LogP contribution in [0.4, 0.5) is 4.79 Å². The lowest BCUT2D eigenvalue weighted by atomic mass is 9.94. The number of H-pyrrole nitrogens is 1. The molecule has 4 rings (SSSR count). The Kier molecular flexibility index (Phi) is 4.21. The molecular formula is C19H23BrN4O3. The lowest BCUT2D eigenvalue weighted by molar-refractivity contribution is -0.0159. The summed E-state index contributed by atoms with van der Waals surface area (Å²) >= 11 is 3.48. The number of amides is 1. The molecule has 144 valence electrons. The minimum atomic E-state index is -0.570. The Morgan fingerprint density at radius 2 is 2.22 bits per heavy atom. The molecule has 2 aromatic rings. The molecule has 0 aliphatic carbocycles. The zero-order chi connectivity index (χ0) is 19.4. The predicted molar refractivity (Wildman–Crippen MR) is 106 cm³/mol. The molecule has 2 unspecified atom stereocenters. The number of likely N-dealkylation sites (tertiary alicyclic amines) is 1. The van der Waals surface area contributed by atoms with Gasteiger partial charge in [0, 0.05) is 17.3 Å². The van der Waals surface area contributed by atoms with Crippen LogP contribution in [0.25, 0.3) is 11.0 Å². The number of hydrogen-bond donors (Lipinski definition) is 1. The molecule has 1 aromatic carbocycles. The number of halogens is 1. The fourth-order valence-electron chi connectivity index (χ4n) is 3.76. The van der Waals surface area contributed by atoms with Crippen molar-refractivity contribution in [2.45, 2.75) is 57.8 Å². The lowest BCUT2D eigenvalue weighted by Gasteiger charge is -2.27. The maximum Gasteiger partial charge on any atom is 0.411 e. The van der Waals surface area contributed by atoms with Crippen molar-refractivity contribution in [1.29, 1.82) is 0 Å². The van der Waals surface area contributed by atoms with Crippen LogP contribution in [0.1, 0.15) is 52.4 Å². The normalized spacial score (nSPS) is 25.1. The van der Waals surface area contributed by atoms with E-state index >= 15 is 0 Å². The molecule has 0 bridgehead atoms. The fraction of sp³-hybridized carbons (Fsp3) is 0.526. The Bertz CT molecular complexity index is 933. The number of benzene rings is 1. The highest BCUT2D eigenvalue weighted by atomic mass is 79.9. The van der Waals surface area contributed by atoms with Gasteiger partial charge in [-0.25, -0.2) is 9.78 Å². The van der Waals surface area contributed by atoms with Crippen LogP contribution in [0.5, 0.6) is 0 Å². The molecule has 1 aromatic heterocycles. The summed E-state index contributed by atoms with van der Waals surface area (Å²) in [5.74, 6) is 0.735. The average molecular weight is 435 g/mol. The molecule has 2 atom stereocenters. The zero-order valence-electron chi connectivity index (χ0n) is 15.9. The lowest BCUT2D eigenvalue weighted by Crippen LogP contribution is -2.40. The molecule has 1 fully saturated rings. The highest BCUT2D eigenvalue weighted by Gasteiger charge is 2.53. The van der Waals surface area contributed by atoms with E-state index in [1.54, 1.807) is 4.90 Å². The van der Waals surface area contributed by atoms with Gasteiger partial charge < -0.3 is 14.6 Å². The van der Waals surface area contributed by atoms with Crippen LogP contribution < -0.4 is 0 Å². The minimum Gasteiger partial charge on any atom is -0.444 e. The number of rotatable bonds is 1. The smallest absolute Gasteiger partial charge is 0.411 e. The van der Waals surface area contributed by atoms with Gasteiger partial charge in [0.05, 0.1) is 29.3 Å². The summed E-state index contributed by atoms with van der Waals surface area (Å²) in [6.07, 6.45) is 0.960. The van der Waals surface area contributed by atoms with Crippen molar-refractivity contribution >= 4 is 38.8 Å². The van der Waals surface area contributed by atoms with Crippen LogP contribution in [0.2, 0.25) is 0 Å². The molecule has 2 aliphatic rings. The third-order valence-corrected chi connectivity index (χ3v) is 5.27. The number of carbonyl (C=O) groups excluding carboxylic acids is 1. The van der Waals surface area contributed by atoms with Gasteiger partial charge in [0.2, 0.25) is 0 Å². The molecule has 7 nitrogen and oxygen atoms in total. The van der Waals surface area contributed by atoms with Crippen molar-refractivity contribution in [3.05, 3.63) is 28.5 Å². The second-order valence-corrected chi connectivity index (χ2v) is 9.30. The molecule has 1 spiro atoms. The number of hydrogen-bond acceptors (Lipinski definition) is 5. The first-order valence-corrected chi connectivity index (χ1v) is 9.80. The van der Waals surface area contributed by atoms with Gasteiger partial charge in [-0.3, -0.25) is 4.90 Å². The number of carbonyl (C=O) groups is 1. The number of ether oxygens (including phenoxy) is 1. The van der Waals surface area contributed by atoms with Crippen molar-refractivity contribution in [2.24, 2.45) is 5.16 Å². The number of imidazole rings is 1. The second-order valence-electron chi connectivity index (χ2n) is 8.39. The third-order valence-electron chi connectivity index (χ3n) is 4.78. The Balaban J connectivity index is 1.68. The standard InChI is InChI=1S/C19H23BrN4O3/c1-11-8-19(27-23-11)9-15(24(10-19)17(25)26-18(2,3)4)16-21-13-6-5-12(20)7-14(13)22-16/h5-7,15H,8-10H2,1-4H3,(H,21,22). The Morgan fingerprint density at radius 1 is 1.44 bits per heavy atom. The van der Waals surface area contributed by atoms with Crippen LogP contribution in [-0.4, -0.2) is 44.4 Å². The van der Waals surface area contributed by atoms with E-state index in [2.05, 4.69) is 26.1 Å². The van der Waals surface area contributed by atoms with E-state index in [1.807, 2.05) is 45.9 Å². The van der Waals surface area contributed by atoms with Gasteiger partial charge in [-0.15, -0.1) is 0 Å². The van der Waals surface area contributed by atoms with Crippen LogP contribution >= 0.6 is 15.9 Å². The van der Waals surface area contributed by atoms with Crippen LogP contribution in [0.15, 0.2) is 27.8 Å². The maximum atomic E-state index is 12.9. The Hall–Kier alpha value is -2.09. The Morgan fingerprint density at radius 3 is 2.89 bits per heavy atom. The SMILES string of the molecule is CC1=NOC2(C1)CC(c1nc3cc(Br)ccc3[nH]1)N(C(=O)OC(C)(C)C)C2. The van der Waals surface area contributed by atoms with Gasteiger partial charge in [-0.1, -0.05) is 21.1 Å². The zero-order valence-corrected chi connectivity index (χ0v) is 17.5. The highest BCUT2D eigenvalue weighted by molar-refractivity contribution is 9.10. The molecule has 3 heterocycles. The number of aromatic nitrogens is 2. The van der Waals surface area contributed by atoms with Crippen molar-refractivity contribution in [3.63, 3.8) is 0 Å². The largest absolute Gasteiger partial charge is 0.444 e. The monoisotopic (exact) mass is 434 g/mol. The fourth-order valence-corrected chi connectivity index (χ4v) is 4.11. The van der Waals surface area contributed by atoms with E-state index in [4.69, 9.17) is 14.6 Å². The van der Waals surface area contributed by atoms with Crippen LogP contribution in [0.3, 0.4) is 0 Å². The molecule has 1 amide bonds. The number of oxime groups is 1. The van der Waals surface area contributed by atoms with Crippen molar-refractivity contribution in [1.82, 2.24) is 14.9 Å². The van der Waals surface area contributed by atoms with Gasteiger partial charge in [0.1, 0.15) is 11.4 Å². The summed E-state index contributed by atoms with van der Waals surface area (Å²) in [4.78, 5) is 28.5. The first-order chi connectivity index (χ1) is 12.6. The summed E-state index contributed by atoms with van der Waals surface area (Å²) in [7, 11) is 0. The minimum absolute atomic E-state index is 0.257. The summed E-state index contributed by atoms with van der Waals surface area (Å²) < 4.78 is 6.60. The van der Waals surface area contributed by atoms with Gasteiger partial charge in [-0.05, 0) is 45.9 Å². The van der Waals surface area contributed by atoms with E-state index < -0.39 is 11.2 Å². The van der Waals surface area contributed by atoms with Crippen molar-refractivity contribution < 1.29 is 14.4 Å². The highest BCUT2D eigenvalue weighted by Crippen LogP contribution is 2.44. The topological polar surface area (TPSA) is 79.8 Å². The molecule has 27 heavy (non-hydrogen) atoms. The molecule has 2 aliphatic heterocycles. The number of nitrogens with one attached hydrogen (secondary N) is 1. The molecule has 8 heteroatoms. The van der Waals surface area contributed by atoms with Crippen LogP contribution in [-0.2, 0) is 9.57 Å². The quantitative estimate of drug-likeness (QED) is 0.713. The first-order valence-electron chi connectivity index (χ1n) is 9.01.